The standard InChI is InChI=1S/C16H23FN2O/c1-16(2,3)15(20)19-9-7-18(8-10-19)12-13-5-4-6-14(17)11-13/h4-6,11H,7-10,12H2,1-3H3. The molecule has 0 aromatic heterocycles. The summed E-state index contributed by atoms with van der Waals surface area (Å²) in [6, 6.07) is 6.72. The van der Waals surface area contributed by atoms with Crippen molar-refractivity contribution in [1.29, 1.82) is 0 Å². The molecule has 1 fully saturated rings. The lowest BCUT2D eigenvalue weighted by Gasteiger charge is -2.37. The first-order valence-electron chi connectivity index (χ1n) is 7.12. The molecule has 1 aliphatic rings. The summed E-state index contributed by atoms with van der Waals surface area (Å²) in [7, 11) is 0. The van der Waals surface area contributed by atoms with Crippen LogP contribution in [0.25, 0.3) is 0 Å². The van der Waals surface area contributed by atoms with Gasteiger partial charge in [0.05, 0.1) is 0 Å². The number of nitrogens with zero attached hydrogens (tertiary/aromatic N) is 2. The maximum absolute atomic E-state index is 13.1. The molecule has 0 spiro atoms. The zero-order valence-electron chi connectivity index (χ0n) is 12.5. The average molecular weight is 278 g/mol. The third kappa shape index (κ3) is 3.79. The van der Waals surface area contributed by atoms with Crippen LogP contribution in [-0.4, -0.2) is 41.9 Å². The molecule has 0 N–H and O–H groups in total. The maximum Gasteiger partial charge on any atom is 0.228 e. The highest BCUT2D eigenvalue weighted by atomic mass is 19.1. The Bertz CT molecular complexity index is 474. The Morgan fingerprint density at radius 2 is 1.85 bits per heavy atom. The SMILES string of the molecule is CC(C)(C)C(=O)N1CCN(Cc2cccc(F)c2)CC1. The van der Waals surface area contributed by atoms with Gasteiger partial charge in [-0.05, 0) is 17.7 Å². The van der Waals surface area contributed by atoms with Gasteiger partial charge in [-0.15, -0.1) is 0 Å². The summed E-state index contributed by atoms with van der Waals surface area (Å²) in [5, 5.41) is 0. The van der Waals surface area contributed by atoms with Gasteiger partial charge in [0, 0.05) is 38.1 Å². The first-order valence-corrected chi connectivity index (χ1v) is 7.12. The quantitative estimate of drug-likeness (QED) is 0.830. The van der Waals surface area contributed by atoms with Crippen molar-refractivity contribution in [2.75, 3.05) is 26.2 Å². The van der Waals surface area contributed by atoms with Crippen LogP contribution in [0.4, 0.5) is 4.39 Å². The Hall–Kier alpha value is -1.42. The van der Waals surface area contributed by atoms with E-state index in [9.17, 15) is 9.18 Å². The van der Waals surface area contributed by atoms with Gasteiger partial charge in [0.2, 0.25) is 5.91 Å². The van der Waals surface area contributed by atoms with Crippen molar-refractivity contribution in [3.05, 3.63) is 35.6 Å². The van der Waals surface area contributed by atoms with Gasteiger partial charge < -0.3 is 4.90 Å². The van der Waals surface area contributed by atoms with E-state index >= 15 is 0 Å². The summed E-state index contributed by atoms with van der Waals surface area (Å²) in [6.07, 6.45) is 0. The van der Waals surface area contributed by atoms with Crippen molar-refractivity contribution < 1.29 is 9.18 Å². The Kier molecular flexibility index (Phi) is 4.43. The van der Waals surface area contributed by atoms with Gasteiger partial charge in [-0.25, -0.2) is 4.39 Å². The van der Waals surface area contributed by atoms with E-state index < -0.39 is 0 Å². The zero-order chi connectivity index (χ0) is 14.8. The van der Waals surface area contributed by atoms with E-state index in [1.165, 1.54) is 6.07 Å². The first kappa shape index (κ1) is 15.0. The maximum atomic E-state index is 13.1. The Morgan fingerprint density at radius 3 is 2.40 bits per heavy atom. The van der Waals surface area contributed by atoms with Crippen LogP contribution >= 0.6 is 0 Å². The zero-order valence-corrected chi connectivity index (χ0v) is 12.5. The fourth-order valence-corrected chi connectivity index (χ4v) is 2.48. The van der Waals surface area contributed by atoms with Crippen LogP contribution < -0.4 is 0 Å². The van der Waals surface area contributed by atoms with E-state index in [-0.39, 0.29) is 17.1 Å². The van der Waals surface area contributed by atoms with Gasteiger partial charge in [-0.3, -0.25) is 9.69 Å². The van der Waals surface area contributed by atoms with Crippen LogP contribution in [-0.2, 0) is 11.3 Å². The minimum Gasteiger partial charge on any atom is -0.340 e. The number of carbonyl (C=O) groups is 1. The molecular formula is C16H23FN2O. The molecule has 0 radical (unpaired) electrons. The predicted molar refractivity (Wildman–Crippen MR) is 77.7 cm³/mol. The highest BCUT2D eigenvalue weighted by molar-refractivity contribution is 5.81. The van der Waals surface area contributed by atoms with Crippen LogP contribution in [0.15, 0.2) is 24.3 Å². The molecule has 0 atom stereocenters. The molecule has 0 unspecified atom stereocenters. The molecule has 0 bridgehead atoms. The number of carbonyl (C=O) groups excluding carboxylic acids is 1. The van der Waals surface area contributed by atoms with E-state index in [0.29, 0.717) is 0 Å². The minimum atomic E-state index is -0.315. The number of benzene rings is 1. The molecule has 1 aliphatic heterocycles. The van der Waals surface area contributed by atoms with Gasteiger partial charge in [0.1, 0.15) is 5.82 Å². The second-order valence-electron chi connectivity index (χ2n) is 6.45. The predicted octanol–water partition coefficient (Wildman–Crippen LogP) is 2.52. The molecule has 4 heteroatoms. The first-order chi connectivity index (χ1) is 9.36. The van der Waals surface area contributed by atoms with Gasteiger partial charge in [-0.2, -0.15) is 0 Å². The summed E-state index contributed by atoms with van der Waals surface area (Å²) in [5.74, 6) is 0.0203. The van der Waals surface area contributed by atoms with E-state index in [4.69, 9.17) is 0 Å². The van der Waals surface area contributed by atoms with Crippen molar-refractivity contribution in [2.45, 2.75) is 27.3 Å². The van der Waals surface area contributed by atoms with E-state index in [1.54, 1.807) is 12.1 Å². The molecule has 0 aliphatic carbocycles. The van der Waals surface area contributed by atoms with E-state index in [0.717, 1.165) is 38.3 Å². The molecule has 1 aromatic carbocycles. The van der Waals surface area contributed by atoms with E-state index in [1.807, 2.05) is 31.7 Å². The van der Waals surface area contributed by atoms with Crippen molar-refractivity contribution in [1.82, 2.24) is 9.80 Å². The Balaban J connectivity index is 1.87. The highest BCUT2D eigenvalue weighted by Gasteiger charge is 2.29. The lowest BCUT2D eigenvalue weighted by atomic mass is 9.94. The summed E-state index contributed by atoms with van der Waals surface area (Å²) >= 11 is 0. The number of hydrogen-bond donors (Lipinski definition) is 0. The third-order valence-electron chi connectivity index (χ3n) is 3.60. The fourth-order valence-electron chi connectivity index (χ4n) is 2.48. The van der Waals surface area contributed by atoms with Crippen molar-refractivity contribution >= 4 is 5.91 Å². The fraction of sp³-hybridized carbons (Fsp3) is 0.562. The average Bonchev–Trinajstić information content (AvgIpc) is 2.38. The van der Waals surface area contributed by atoms with Crippen LogP contribution in [0, 0.1) is 11.2 Å². The number of piperazine rings is 1. The normalized spacial score (nSPS) is 17.3. The van der Waals surface area contributed by atoms with Gasteiger partial charge in [0.25, 0.3) is 0 Å². The molecule has 1 amide bonds. The Labute approximate surface area is 120 Å². The molecule has 110 valence electrons. The lowest BCUT2D eigenvalue weighted by Crippen LogP contribution is -2.51. The molecule has 0 saturated carbocycles. The van der Waals surface area contributed by atoms with Gasteiger partial charge in [0.15, 0.2) is 0 Å². The van der Waals surface area contributed by atoms with Crippen LogP contribution in [0.3, 0.4) is 0 Å². The second-order valence-corrected chi connectivity index (χ2v) is 6.45. The molecule has 3 nitrogen and oxygen atoms in total. The highest BCUT2D eigenvalue weighted by Crippen LogP contribution is 2.19. The smallest absolute Gasteiger partial charge is 0.228 e. The van der Waals surface area contributed by atoms with E-state index in [2.05, 4.69) is 4.90 Å². The van der Waals surface area contributed by atoms with Crippen molar-refractivity contribution in [3.8, 4) is 0 Å². The van der Waals surface area contributed by atoms with Gasteiger partial charge in [-0.1, -0.05) is 32.9 Å². The molecule has 1 saturated heterocycles. The molecule has 1 aromatic rings. The van der Waals surface area contributed by atoms with Gasteiger partial charge >= 0.3 is 0 Å². The van der Waals surface area contributed by atoms with Crippen LogP contribution in [0.2, 0.25) is 0 Å². The largest absolute Gasteiger partial charge is 0.340 e. The van der Waals surface area contributed by atoms with Crippen molar-refractivity contribution in [2.24, 2.45) is 5.41 Å². The molecular weight excluding hydrogens is 255 g/mol. The Morgan fingerprint density at radius 1 is 1.20 bits per heavy atom. The number of amides is 1. The summed E-state index contributed by atoms with van der Waals surface area (Å²) in [6.45, 7) is 9.81. The van der Waals surface area contributed by atoms with Crippen molar-refractivity contribution in [3.63, 3.8) is 0 Å². The number of rotatable bonds is 2. The summed E-state index contributed by atoms with van der Waals surface area (Å²) in [5.41, 5.74) is 0.672. The summed E-state index contributed by atoms with van der Waals surface area (Å²) in [4.78, 5) is 16.4. The second kappa shape index (κ2) is 5.92. The molecule has 20 heavy (non-hydrogen) atoms. The van der Waals surface area contributed by atoms with Crippen LogP contribution in [0.5, 0.6) is 0 Å². The van der Waals surface area contributed by atoms with Crippen LogP contribution in [0.1, 0.15) is 26.3 Å². The monoisotopic (exact) mass is 278 g/mol. The topological polar surface area (TPSA) is 23.6 Å². The molecule has 2 rings (SSSR count). The number of halogens is 1. The molecule has 1 heterocycles. The number of hydrogen-bond acceptors (Lipinski definition) is 2. The lowest BCUT2D eigenvalue weighted by molar-refractivity contribution is -0.141. The third-order valence-corrected chi connectivity index (χ3v) is 3.60. The minimum absolute atomic E-state index is 0.191. The summed E-state index contributed by atoms with van der Waals surface area (Å²) < 4.78 is 13.1.